The van der Waals surface area contributed by atoms with Crippen molar-refractivity contribution >= 4 is 16.9 Å². The zero-order valence-corrected chi connectivity index (χ0v) is 9.11. The predicted octanol–water partition coefficient (Wildman–Crippen LogP) is 2.33. The molecule has 3 heteroatoms. The Morgan fingerprint density at radius 2 is 2.08 bits per heavy atom. The SMILES string of the molecule is COCCC(SC(C)=O)C(C)C. The van der Waals surface area contributed by atoms with Crippen molar-refractivity contribution in [2.75, 3.05) is 13.7 Å². The quantitative estimate of drug-likeness (QED) is 0.665. The van der Waals surface area contributed by atoms with Crippen LogP contribution in [0.15, 0.2) is 0 Å². The second kappa shape index (κ2) is 6.49. The molecular formula is C9H18O2S. The van der Waals surface area contributed by atoms with Gasteiger partial charge in [-0.25, -0.2) is 0 Å². The van der Waals surface area contributed by atoms with E-state index in [4.69, 9.17) is 4.74 Å². The summed E-state index contributed by atoms with van der Waals surface area (Å²) in [6.07, 6.45) is 0.957. The summed E-state index contributed by atoms with van der Waals surface area (Å²) in [5.74, 6) is 0.536. The Bertz CT molecular complexity index is 134. The second-order valence-electron chi connectivity index (χ2n) is 3.17. The lowest BCUT2D eigenvalue weighted by atomic mass is 10.1. The van der Waals surface area contributed by atoms with E-state index in [0.29, 0.717) is 11.2 Å². The number of methoxy groups -OCH3 is 1. The number of ether oxygens (including phenoxy) is 1. The Labute approximate surface area is 79.1 Å². The molecule has 2 nitrogen and oxygen atoms in total. The molecule has 0 aromatic heterocycles. The number of rotatable bonds is 5. The first-order valence-corrected chi connectivity index (χ1v) is 5.12. The van der Waals surface area contributed by atoms with Crippen LogP contribution in [0.25, 0.3) is 0 Å². The third-order valence-corrected chi connectivity index (χ3v) is 3.08. The topological polar surface area (TPSA) is 26.3 Å². The summed E-state index contributed by atoms with van der Waals surface area (Å²) in [6, 6.07) is 0. The summed E-state index contributed by atoms with van der Waals surface area (Å²) in [7, 11) is 1.69. The Morgan fingerprint density at radius 1 is 1.50 bits per heavy atom. The monoisotopic (exact) mass is 190 g/mol. The van der Waals surface area contributed by atoms with Gasteiger partial charge >= 0.3 is 0 Å². The molecule has 0 fully saturated rings. The first-order chi connectivity index (χ1) is 5.57. The molecule has 0 saturated heterocycles. The lowest BCUT2D eigenvalue weighted by Gasteiger charge is -2.17. The smallest absolute Gasteiger partial charge is 0.186 e. The van der Waals surface area contributed by atoms with Gasteiger partial charge in [-0.05, 0) is 12.3 Å². The van der Waals surface area contributed by atoms with Gasteiger partial charge in [-0.15, -0.1) is 0 Å². The Balaban J connectivity index is 3.78. The Morgan fingerprint density at radius 3 is 2.42 bits per heavy atom. The molecule has 0 rings (SSSR count). The summed E-state index contributed by atoms with van der Waals surface area (Å²) in [5, 5.41) is 0.604. The summed E-state index contributed by atoms with van der Waals surface area (Å²) in [5.41, 5.74) is 0. The van der Waals surface area contributed by atoms with Crippen LogP contribution in [0.3, 0.4) is 0 Å². The maximum absolute atomic E-state index is 10.8. The largest absolute Gasteiger partial charge is 0.385 e. The Hall–Kier alpha value is -0.0200. The first kappa shape index (κ1) is 12.0. The van der Waals surface area contributed by atoms with Crippen molar-refractivity contribution < 1.29 is 9.53 Å². The number of hydrogen-bond acceptors (Lipinski definition) is 3. The van der Waals surface area contributed by atoms with Crippen LogP contribution in [0.2, 0.25) is 0 Å². The maximum atomic E-state index is 10.8. The van der Waals surface area contributed by atoms with Crippen molar-refractivity contribution in [2.45, 2.75) is 32.4 Å². The molecule has 0 radical (unpaired) electrons. The van der Waals surface area contributed by atoms with Gasteiger partial charge in [0.25, 0.3) is 0 Å². The molecule has 1 atom stereocenters. The van der Waals surface area contributed by atoms with Gasteiger partial charge in [-0.2, -0.15) is 0 Å². The van der Waals surface area contributed by atoms with Gasteiger partial charge in [-0.1, -0.05) is 25.6 Å². The van der Waals surface area contributed by atoms with E-state index in [1.165, 1.54) is 11.8 Å². The number of hydrogen-bond donors (Lipinski definition) is 0. The molecule has 0 aromatic rings. The summed E-state index contributed by atoms with van der Waals surface area (Å²) < 4.78 is 4.98. The molecule has 0 bridgehead atoms. The minimum absolute atomic E-state index is 0.199. The third kappa shape index (κ3) is 5.61. The molecule has 0 heterocycles. The minimum atomic E-state index is 0.199. The Kier molecular flexibility index (Phi) is 6.48. The number of carbonyl (C=O) groups is 1. The molecule has 0 amide bonds. The van der Waals surface area contributed by atoms with Crippen LogP contribution in [-0.4, -0.2) is 24.1 Å². The summed E-state index contributed by atoms with van der Waals surface area (Å²) in [4.78, 5) is 10.8. The van der Waals surface area contributed by atoms with E-state index >= 15 is 0 Å². The van der Waals surface area contributed by atoms with E-state index in [-0.39, 0.29) is 5.12 Å². The molecular weight excluding hydrogens is 172 g/mol. The molecule has 12 heavy (non-hydrogen) atoms. The fourth-order valence-electron chi connectivity index (χ4n) is 0.976. The highest BCUT2D eigenvalue weighted by atomic mass is 32.2. The molecule has 0 N–H and O–H groups in total. The van der Waals surface area contributed by atoms with E-state index in [1.54, 1.807) is 14.0 Å². The molecule has 0 aromatic carbocycles. The van der Waals surface area contributed by atoms with Crippen LogP contribution in [0.1, 0.15) is 27.2 Å². The molecule has 72 valence electrons. The van der Waals surface area contributed by atoms with Crippen molar-refractivity contribution in [3.05, 3.63) is 0 Å². The molecule has 0 saturated carbocycles. The van der Waals surface area contributed by atoms with Crippen molar-refractivity contribution in [3.63, 3.8) is 0 Å². The van der Waals surface area contributed by atoms with Gasteiger partial charge in [0.15, 0.2) is 5.12 Å². The highest BCUT2D eigenvalue weighted by Crippen LogP contribution is 2.23. The summed E-state index contributed by atoms with van der Waals surface area (Å²) in [6.45, 7) is 6.63. The number of thioether (sulfide) groups is 1. The van der Waals surface area contributed by atoms with Gasteiger partial charge in [0.1, 0.15) is 0 Å². The van der Waals surface area contributed by atoms with Crippen molar-refractivity contribution in [2.24, 2.45) is 5.92 Å². The highest BCUT2D eigenvalue weighted by molar-refractivity contribution is 8.14. The first-order valence-electron chi connectivity index (χ1n) is 4.24. The molecule has 0 aliphatic rings. The van der Waals surface area contributed by atoms with Gasteiger partial charge in [0.05, 0.1) is 0 Å². The van der Waals surface area contributed by atoms with Crippen LogP contribution in [0.4, 0.5) is 0 Å². The maximum Gasteiger partial charge on any atom is 0.186 e. The van der Waals surface area contributed by atoms with Crippen molar-refractivity contribution in [3.8, 4) is 0 Å². The standard InChI is InChI=1S/C9H18O2S/c1-7(2)9(5-6-11-4)12-8(3)10/h7,9H,5-6H2,1-4H3. The van der Waals surface area contributed by atoms with Crippen LogP contribution >= 0.6 is 11.8 Å². The molecule has 0 aliphatic heterocycles. The van der Waals surface area contributed by atoms with Crippen molar-refractivity contribution in [1.82, 2.24) is 0 Å². The average Bonchev–Trinajstić information content (AvgIpc) is 1.96. The van der Waals surface area contributed by atoms with Crippen LogP contribution < -0.4 is 0 Å². The van der Waals surface area contributed by atoms with Crippen LogP contribution in [0.5, 0.6) is 0 Å². The zero-order chi connectivity index (χ0) is 9.56. The minimum Gasteiger partial charge on any atom is -0.385 e. The summed E-state index contributed by atoms with van der Waals surface area (Å²) >= 11 is 1.43. The normalized spacial score (nSPS) is 13.4. The van der Waals surface area contributed by atoms with Gasteiger partial charge in [-0.3, -0.25) is 4.79 Å². The van der Waals surface area contributed by atoms with E-state index < -0.39 is 0 Å². The molecule has 1 unspecified atom stereocenters. The van der Waals surface area contributed by atoms with E-state index in [1.807, 2.05) is 0 Å². The lowest BCUT2D eigenvalue weighted by molar-refractivity contribution is -0.109. The third-order valence-electron chi connectivity index (χ3n) is 1.67. The predicted molar refractivity (Wildman–Crippen MR) is 53.4 cm³/mol. The fraction of sp³-hybridized carbons (Fsp3) is 0.889. The highest BCUT2D eigenvalue weighted by Gasteiger charge is 2.15. The van der Waals surface area contributed by atoms with Gasteiger partial charge in [0, 0.05) is 25.9 Å². The van der Waals surface area contributed by atoms with E-state index in [9.17, 15) is 4.79 Å². The van der Waals surface area contributed by atoms with E-state index in [0.717, 1.165) is 13.0 Å². The molecule has 0 aliphatic carbocycles. The van der Waals surface area contributed by atoms with Gasteiger partial charge < -0.3 is 4.74 Å². The second-order valence-corrected chi connectivity index (χ2v) is 4.59. The average molecular weight is 190 g/mol. The zero-order valence-electron chi connectivity index (χ0n) is 8.29. The van der Waals surface area contributed by atoms with Crippen LogP contribution in [0, 0.1) is 5.92 Å². The lowest BCUT2D eigenvalue weighted by Crippen LogP contribution is -2.15. The molecule has 0 spiro atoms. The fourth-order valence-corrected chi connectivity index (χ4v) is 1.89. The van der Waals surface area contributed by atoms with Gasteiger partial charge in [0.2, 0.25) is 0 Å². The van der Waals surface area contributed by atoms with Crippen molar-refractivity contribution in [1.29, 1.82) is 0 Å². The number of carbonyl (C=O) groups excluding carboxylic acids is 1. The van der Waals surface area contributed by atoms with E-state index in [2.05, 4.69) is 13.8 Å². The van der Waals surface area contributed by atoms with Crippen LogP contribution in [-0.2, 0) is 9.53 Å².